The molecule has 0 saturated heterocycles. The van der Waals surface area contributed by atoms with E-state index in [1.807, 2.05) is 0 Å². The lowest BCUT2D eigenvalue weighted by molar-refractivity contribution is -0.126. The van der Waals surface area contributed by atoms with Crippen LogP contribution in [0.5, 0.6) is 0 Å². The predicted octanol–water partition coefficient (Wildman–Crippen LogP) is 3.69. The molecule has 0 heterocycles. The molecule has 0 aliphatic heterocycles. The molecule has 0 unspecified atom stereocenters. The molecule has 0 bridgehead atoms. The van der Waals surface area contributed by atoms with Crippen LogP contribution in [0.25, 0.3) is 0 Å². The van der Waals surface area contributed by atoms with Crippen molar-refractivity contribution in [3.05, 3.63) is 0 Å². The summed E-state index contributed by atoms with van der Waals surface area (Å²) in [6, 6.07) is 0. The topological polar surface area (TPSA) is 26.3 Å². The van der Waals surface area contributed by atoms with Gasteiger partial charge < -0.3 is 56.5 Å². The number of hydrogen-bond donors (Lipinski definition) is 0. The Hall–Kier alpha value is -1.18. The third-order valence-electron chi connectivity index (χ3n) is 0.0962. The molecular formula is C2H4B3F12O2-3. The van der Waals surface area contributed by atoms with Gasteiger partial charge in [0.25, 0.3) is 6.47 Å². The zero-order chi connectivity index (χ0) is 16.9. The molecular weight excluding hydrogens is 316 g/mol. The van der Waals surface area contributed by atoms with E-state index in [4.69, 9.17) is 4.79 Å². The fourth-order valence-electron chi connectivity index (χ4n) is 0. The molecule has 19 heavy (non-hydrogen) atoms. The Morgan fingerprint density at radius 2 is 0.684 bits per heavy atom. The maximum Gasteiger partial charge on any atom is 0.673 e. The van der Waals surface area contributed by atoms with E-state index >= 15 is 0 Å². The van der Waals surface area contributed by atoms with Crippen LogP contribution in [0.4, 0.5) is 51.8 Å². The van der Waals surface area contributed by atoms with Crippen molar-refractivity contribution in [2.24, 2.45) is 0 Å². The minimum Gasteiger partial charge on any atom is -0.471 e. The summed E-state index contributed by atoms with van der Waals surface area (Å²) in [5.41, 5.74) is 0. The number of carbonyl (C=O) groups excluding carboxylic acids is 1. The van der Waals surface area contributed by atoms with Crippen molar-refractivity contribution in [2.45, 2.75) is 0 Å². The van der Waals surface area contributed by atoms with Crippen LogP contribution in [0.2, 0.25) is 0 Å². The van der Waals surface area contributed by atoms with E-state index in [1.54, 1.807) is 0 Å². The maximum absolute atomic E-state index is 9.75. The molecule has 0 fully saturated rings. The number of carbonyl (C=O) groups is 1. The Morgan fingerprint density at radius 1 is 0.632 bits per heavy atom. The van der Waals surface area contributed by atoms with Gasteiger partial charge in [0.2, 0.25) is 0 Å². The van der Waals surface area contributed by atoms with Gasteiger partial charge in [-0.25, -0.2) is 0 Å². The lowest BCUT2D eigenvalue weighted by atomic mass is 10.3. The van der Waals surface area contributed by atoms with E-state index in [2.05, 4.69) is 4.74 Å². The zero-order valence-electron chi connectivity index (χ0n) is 8.66. The van der Waals surface area contributed by atoms with Gasteiger partial charge in [-0.2, -0.15) is 0 Å². The van der Waals surface area contributed by atoms with Crippen LogP contribution < -0.4 is 0 Å². The number of halogens is 12. The Balaban J connectivity index is -0.0000000793. The average molecular weight is 320 g/mol. The summed E-state index contributed by atoms with van der Waals surface area (Å²) in [5, 5.41) is 0. The molecule has 0 aliphatic rings. The van der Waals surface area contributed by atoms with E-state index in [1.165, 1.54) is 7.11 Å². The smallest absolute Gasteiger partial charge is 0.471 e. The molecule has 0 radical (unpaired) electrons. The highest BCUT2D eigenvalue weighted by Gasteiger charge is 2.21. The third-order valence-corrected chi connectivity index (χ3v) is 0.0962. The lowest BCUT2D eigenvalue weighted by Crippen LogP contribution is -2.02. The highest BCUT2D eigenvalue weighted by molar-refractivity contribution is 6.50. The van der Waals surface area contributed by atoms with Gasteiger partial charge in [0.1, 0.15) is 0 Å². The van der Waals surface area contributed by atoms with Crippen molar-refractivity contribution < 1.29 is 61.3 Å². The van der Waals surface area contributed by atoms with Gasteiger partial charge in [-0.15, -0.1) is 0 Å². The van der Waals surface area contributed by atoms with Gasteiger partial charge in [0.05, 0.1) is 7.11 Å². The van der Waals surface area contributed by atoms with Crippen molar-refractivity contribution in [2.75, 3.05) is 7.11 Å². The average Bonchev–Trinajstić information content (AvgIpc) is 1.93. The summed E-state index contributed by atoms with van der Waals surface area (Å²) in [7, 11) is -16.7. The first kappa shape index (κ1) is 26.4. The number of methoxy groups -OCH3 is 1. The Bertz CT molecular complexity index is 148. The van der Waals surface area contributed by atoms with E-state index < -0.39 is 21.8 Å². The summed E-state index contributed by atoms with van der Waals surface area (Å²) in [6.07, 6.45) is 0. The maximum atomic E-state index is 9.75. The minimum absolute atomic E-state index is 0.375. The fraction of sp³-hybridized carbons (Fsp3) is 0.500. The summed E-state index contributed by atoms with van der Waals surface area (Å²) in [4.78, 5) is 8.95. The van der Waals surface area contributed by atoms with E-state index in [0.29, 0.717) is 6.47 Å². The van der Waals surface area contributed by atoms with Crippen LogP contribution in [-0.4, -0.2) is 35.3 Å². The highest BCUT2D eigenvalue weighted by atomic mass is 19.5. The molecule has 0 spiro atoms. The first-order chi connectivity index (χ1) is 7.91. The van der Waals surface area contributed by atoms with Gasteiger partial charge in [0.15, 0.2) is 0 Å². The van der Waals surface area contributed by atoms with Crippen LogP contribution in [0.1, 0.15) is 0 Å². The quantitative estimate of drug-likeness (QED) is 0.418. The monoisotopic (exact) mass is 321 g/mol. The third kappa shape index (κ3) is 120000. The van der Waals surface area contributed by atoms with Crippen molar-refractivity contribution in [3.63, 3.8) is 0 Å². The molecule has 0 N–H and O–H groups in total. The molecule has 0 aromatic heterocycles. The number of hydrogen-bond acceptors (Lipinski definition) is 2. The molecule has 0 saturated carbocycles. The van der Waals surface area contributed by atoms with Gasteiger partial charge in [-0.3, -0.25) is 4.79 Å². The Labute approximate surface area is 97.9 Å². The van der Waals surface area contributed by atoms with Crippen molar-refractivity contribution in [1.82, 2.24) is 0 Å². The fourth-order valence-corrected chi connectivity index (χ4v) is 0. The number of ether oxygens (including phenoxy) is 1. The molecule has 17 heteroatoms. The minimum atomic E-state index is -6.00. The van der Waals surface area contributed by atoms with Crippen molar-refractivity contribution in [3.8, 4) is 0 Å². The summed E-state index contributed by atoms with van der Waals surface area (Å²) in [5.74, 6) is 0. The highest BCUT2D eigenvalue weighted by Crippen LogP contribution is 2.07. The lowest BCUT2D eigenvalue weighted by Gasteiger charge is -1.94. The molecule has 0 rings (SSSR count). The summed E-state index contributed by atoms with van der Waals surface area (Å²) < 4.78 is 121. The number of rotatable bonds is 1. The first-order valence-corrected chi connectivity index (χ1v) is 3.50. The molecule has 2 nitrogen and oxygen atoms in total. The van der Waals surface area contributed by atoms with Gasteiger partial charge in [0, 0.05) is 0 Å². The first-order valence-electron chi connectivity index (χ1n) is 3.50. The second-order valence-corrected chi connectivity index (χ2v) is 1.82. The van der Waals surface area contributed by atoms with E-state index in [-0.39, 0.29) is 0 Å². The van der Waals surface area contributed by atoms with Crippen LogP contribution in [0.3, 0.4) is 0 Å². The molecule has 0 amide bonds. The SMILES string of the molecule is COC=O.F[B-](F)(F)F.F[B-](F)(F)F.F[B-](F)(F)F. The second kappa shape index (κ2) is 11.9. The van der Waals surface area contributed by atoms with Gasteiger partial charge >= 0.3 is 21.8 Å². The Kier molecular flexibility index (Phi) is 16.5. The largest absolute Gasteiger partial charge is 0.673 e. The molecule has 0 aromatic carbocycles. The normalized spacial score (nSPS) is 10.6. The summed E-state index contributed by atoms with van der Waals surface area (Å²) >= 11 is 0. The Morgan fingerprint density at radius 3 is 0.684 bits per heavy atom. The molecule has 0 atom stereocenters. The van der Waals surface area contributed by atoms with Gasteiger partial charge in [-0.1, -0.05) is 0 Å². The van der Waals surface area contributed by atoms with Crippen LogP contribution in [-0.2, 0) is 9.53 Å². The van der Waals surface area contributed by atoms with Crippen LogP contribution in [0.15, 0.2) is 0 Å². The van der Waals surface area contributed by atoms with E-state index in [0.717, 1.165) is 0 Å². The van der Waals surface area contributed by atoms with Gasteiger partial charge in [-0.05, 0) is 0 Å². The molecule has 0 aliphatic carbocycles. The molecule has 120 valence electrons. The standard InChI is InChI=1S/C2H4O2.3BF4/c1-4-2-3;3*2-1(3,4)5/h2H,1H3;;;/q;3*-1. The summed E-state index contributed by atoms with van der Waals surface area (Å²) in [6.45, 7) is 0.375. The zero-order valence-corrected chi connectivity index (χ0v) is 8.66. The van der Waals surface area contributed by atoms with E-state index in [9.17, 15) is 51.8 Å². The predicted molar refractivity (Wildman–Crippen MR) is 43.6 cm³/mol. The van der Waals surface area contributed by atoms with Crippen molar-refractivity contribution >= 4 is 28.2 Å². The van der Waals surface area contributed by atoms with Crippen LogP contribution in [0, 0.1) is 0 Å². The molecule has 0 aromatic rings. The van der Waals surface area contributed by atoms with Crippen LogP contribution >= 0.6 is 0 Å². The van der Waals surface area contributed by atoms with Crippen molar-refractivity contribution in [1.29, 1.82) is 0 Å². The second-order valence-electron chi connectivity index (χ2n) is 1.82.